The topological polar surface area (TPSA) is 54.4 Å². The number of benzene rings is 1. The van der Waals surface area contributed by atoms with Gasteiger partial charge in [0.25, 0.3) is 0 Å². The van der Waals surface area contributed by atoms with Crippen molar-refractivity contribution in [1.82, 2.24) is 9.80 Å². The molecule has 6 heteroatoms. The third-order valence-corrected chi connectivity index (χ3v) is 10.0. The van der Waals surface area contributed by atoms with Crippen LogP contribution in [-0.2, 0) is 27.3 Å². The van der Waals surface area contributed by atoms with Gasteiger partial charge in [-0.1, -0.05) is 67.9 Å². The second-order valence-electron chi connectivity index (χ2n) is 13.1. The molecule has 3 aliphatic heterocycles. The highest BCUT2D eigenvalue weighted by atomic mass is 16.7. The molecule has 0 aromatic heterocycles. The number of carbonyl (C=O) groups is 1. The van der Waals surface area contributed by atoms with Crippen LogP contribution in [0.2, 0.25) is 0 Å². The number of allylic oxidation sites excluding steroid dienone is 5. The minimum atomic E-state index is 0.0972. The Hall–Kier alpha value is -2.86. The number of rotatable bonds is 7. The zero-order chi connectivity index (χ0) is 28.3. The maximum absolute atomic E-state index is 13.3. The summed E-state index contributed by atoms with van der Waals surface area (Å²) in [6, 6.07) is 8.55. The largest absolute Gasteiger partial charge is 0.494 e. The van der Waals surface area contributed by atoms with Crippen molar-refractivity contribution in [2.45, 2.75) is 78.5 Å². The number of amides is 1. The number of piperidine rings is 1. The first kappa shape index (κ1) is 28.3. The Kier molecular flexibility index (Phi) is 8.66. The molecule has 5 aliphatic rings. The highest BCUT2D eigenvalue weighted by Crippen LogP contribution is 2.35. The minimum Gasteiger partial charge on any atom is -0.494 e. The Morgan fingerprint density at radius 1 is 1.05 bits per heavy atom. The maximum Gasteiger partial charge on any atom is 0.226 e. The summed E-state index contributed by atoms with van der Waals surface area (Å²) in [6.07, 6.45) is 16.3. The van der Waals surface area contributed by atoms with E-state index >= 15 is 0 Å². The molecule has 0 spiro atoms. The van der Waals surface area contributed by atoms with Crippen LogP contribution < -0.4 is 0 Å². The van der Waals surface area contributed by atoms with E-state index in [0.29, 0.717) is 29.6 Å². The summed E-state index contributed by atoms with van der Waals surface area (Å²) in [5.74, 6) is 3.32. The van der Waals surface area contributed by atoms with Crippen molar-refractivity contribution in [3.05, 3.63) is 71.0 Å². The molecule has 41 heavy (non-hydrogen) atoms. The van der Waals surface area contributed by atoms with E-state index in [4.69, 9.17) is 9.57 Å². The van der Waals surface area contributed by atoms with Crippen molar-refractivity contribution in [2.75, 3.05) is 26.2 Å². The summed E-state index contributed by atoms with van der Waals surface area (Å²) >= 11 is 0. The van der Waals surface area contributed by atoms with E-state index in [1.807, 2.05) is 0 Å². The fraction of sp³-hybridized carbons (Fsp3) is 0.600. The lowest BCUT2D eigenvalue weighted by Crippen LogP contribution is -2.45. The second-order valence-corrected chi connectivity index (χ2v) is 13.1. The molecule has 2 aliphatic carbocycles. The molecule has 0 bridgehead atoms. The van der Waals surface area contributed by atoms with Crippen molar-refractivity contribution >= 4 is 11.6 Å². The molecule has 6 rings (SSSR count). The molecule has 0 N–H and O–H groups in total. The Balaban J connectivity index is 0.915. The Morgan fingerprint density at radius 3 is 2.54 bits per heavy atom. The lowest BCUT2D eigenvalue weighted by Gasteiger charge is -2.36. The summed E-state index contributed by atoms with van der Waals surface area (Å²) < 4.78 is 6.26. The first-order valence-corrected chi connectivity index (χ1v) is 16.0. The van der Waals surface area contributed by atoms with Gasteiger partial charge in [-0.15, -0.1) is 0 Å². The standard InChI is InChI=1S/C35H47N3O3/c1-24(2)33-25(3)35(41-36-33)37-19-16-26(17-20-37)23-40-32-14-12-29(13-15-32)28-8-10-30(11-9-28)34(39)38-21-18-27-6-4-5-7-31(27)22-38/h4-8,12,14-15,24-26,29-30,35H,9-11,13,16-23H2,1-3H3/t25-,29?,30?,35?/m1/s1. The van der Waals surface area contributed by atoms with Gasteiger partial charge in [0.2, 0.25) is 5.91 Å². The summed E-state index contributed by atoms with van der Waals surface area (Å²) in [6.45, 7) is 11.1. The second kappa shape index (κ2) is 12.6. The molecular weight excluding hydrogens is 510 g/mol. The summed E-state index contributed by atoms with van der Waals surface area (Å²) in [7, 11) is 0. The maximum atomic E-state index is 13.3. The number of oxime groups is 1. The number of hydrogen-bond donors (Lipinski definition) is 0. The normalized spacial score (nSPS) is 29.0. The molecule has 6 nitrogen and oxygen atoms in total. The van der Waals surface area contributed by atoms with Gasteiger partial charge in [-0.25, -0.2) is 0 Å². The van der Waals surface area contributed by atoms with Gasteiger partial charge in [-0.3, -0.25) is 9.69 Å². The quantitative estimate of drug-likeness (QED) is 0.360. The third kappa shape index (κ3) is 6.33. The van der Waals surface area contributed by atoms with Gasteiger partial charge in [-0.05, 0) is 80.1 Å². The van der Waals surface area contributed by atoms with E-state index in [1.54, 1.807) is 0 Å². The van der Waals surface area contributed by atoms with Gasteiger partial charge in [0, 0.05) is 38.0 Å². The van der Waals surface area contributed by atoms with Crippen molar-refractivity contribution in [2.24, 2.45) is 34.7 Å². The Morgan fingerprint density at radius 2 is 1.85 bits per heavy atom. The fourth-order valence-corrected chi connectivity index (χ4v) is 7.38. The number of nitrogens with zero attached hydrogens (tertiary/aromatic N) is 3. The molecular formula is C35H47N3O3. The van der Waals surface area contributed by atoms with E-state index in [0.717, 1.165) is 83.5 Å². The molecule has 0 radical (unpaired) electrons. The minimum absolute atomic E-state index is 0.0972. The smallest absolute Gasteiger partial charge is 0.226 e. The molecule has 1 aromatic rings. The predicted octanol–water partition coefficient (Wildman–Crippen LogP) is 6.49. The van der Waals surface area contributed by atoms with Crippen molar-refractivity contribution in [3.63, 3.8) is 0 Å². The van der Waals surface area contributed by atoms with Gasteiger partial charge in [-0.2, -0.15) is 0 Å². The molecule has 1 amide bonds. The van der Waals surface area contributed by atoms with Crippen LogP contribution in [0.4, 0.5) is 0 Å². The lowest BCUT2D eigenvalue weighted by molar-refractivity contribution is -0.136. The summed E-state index contributed by atoms with van der Waals surface area (Å²) in [5, 5.41) is 4.38. The number of ether oxygens (including phenoxy) is 1. The highest BCUT2D eigenvalue weighted by molar-refractivity contribution is 5.89. The Labute approximate surface area is 246 Å². The van der Waals surface area contributed by atoms with Crippen LogP contribution >= 0.6 is 0 Å². The van der Waals surface area contributed by atoms with Gasteiger partial charge in [0.15, 0.2) is 6.23 Å². The van der Waals surface area contributed by atoms with Crippen LogP contribution in [0.3, 0.4) is 0 Å². The first-order chi connectivity index (χ1) is 20.0. The van der Waals surface area contributed by atoms with Crippen molar-refractivity contribution in [3.8, 4) is 0 Å². The third-order valence-electron chi connectivity index (χ3n) is 10.0. The highest BCUT2D eigenvalue weighted by Gasteiger charge is 2.38. The molecule has 220 valence electrons. The van der Waals surface area contributed by atoms with Crippen LogP contribution in [0.1, 0.15) is 70.4 Å². The molecule has 1 fully saturated rings. The zero-order valence-corrected chi connectivity index (χ0v) is 25.1. The number of fused-ring (bicyclic) bond motifs is 1. The van der Waals surface area contributed by atoms with E-state index in [-0.39, 0.29) is 12.1 Å². The van der Waals surface area contributed by atoms with Gasteiger partial charge in [0.1, 0.15) is 5.76 Å². The fourth-order valence-electron chi connectivity index (χ4n) is 7.38. The van der Waals surface area contributed by atoms with Crippen LogP contribution in [0.25, 0.3) is 0 Å². The number of likely N-dealkylation sites (tertiary alicyclic amines) is 1. The van der Waals surface area contributed by atoms with Gasteiger partial charge >= 0.3 is 0 Å². The average Bonchev–Trinajstić information content (AvgIpc) is 3.41. The van der Waals surface area contributed by atoms with E-state index in [2.05, 4.69) is 84.3 Å². The van der Waals surface area contributed by atoms with Gasteiger partial charge in [0.05, 0.1) is 18.2 Å². The number of carbonyl (C=O) groups excluding carboxylic acids is 1. The molecule has 1 saturated heterocycles. The summed E-state index contributed by atoms with van der Waals surface area (Å²) in [5.41, 5.74) is 5.39. The predicted molar refractivity (Wildman–Crippen MR) is 163 cm³/mol. The molecule has 4 atom stereocenters. The zero-order valence-electron chi connectivity index (χ0n) is 25.1. The summed E-state index contributed by atoms with van der Waals surface area (Å²) in [4.78, 5) is 23.6. The SMILES string of the molecule is CC(C)C1=NOC(N2CCC(COC3=CCC(C4=CCC(C(=O)N5CCc6ccccc6C5)CC4)C=C3)CC2)[C@@H]1C. The average molecular weight is 558 g/mol. The van der Waals surface area contributed by atoms with Crippen LogP contribution in [-0.4, -0.2) is 53.9 Å². The monoisotopic (exact) mass is 557 g/mol. The number of hydrogen-bond acceptors (Lipinski definition) is 5. The molecule has 0 saturated carbocycles. The van der Waals surface area contributed by atoms with Gasteiger partial charge < -0.3 is 14.5 Å². The molecule has 3 unspecified atom stereocenters. The van der Waals surface area contributed by atoms with Crippen molar-refractivity contribution < 1.29 is 14.4 Å². The van der Waals surface area contributed by atoms with E-state index in [1.165, 1.54) is 22.4 Å². The molecule has 3 heterocycles. The van der Waals surface area contributed by atoms with Crippen LogP contribution in [0, 0.1) is 29.6 Å². The lowest BCUT2D eigenvalue weighted by atomic mass is 9.80. The Bertz CT molecular complexity index is 1220. The van der Waals surface area contributed by atoms with E-state index in [9.17, 15) is 4.79 Å². The van der Waals surface area contributed by atoms with E-state index < -0.39 is 0 Å². The van der Waals surface area contributed by atoms with Crippen LogP contribution in [0.15, 0.2) is 65.1 Å². The van der Waals surface area contributed by atoms with Crippen LogP contribution in [0.5, 0.6) is 0 Å². The van der Waals surface area contributed by atoms with Crippen molar-refractivity contribution in [1.29, 1.82) is 0 Å². The molecule has 1 aromatic carbocycles. The first-order valence-electron chi connectivity index (χ1n) is 16.0.